The van der Waals surface area contributed by atoms with Gasteiger partial charge in [-0.2, -0.15) is 0 Å². The van der Waals surface area contributed by atoms with Crippen molar-refractivity contribution in [1.82, 2.24) is 0 Å². The molecule has 3 N–H and O–H groups in total. The van der Waals surface area contributed by atoms with Gasteiger partial charge in [0.25, 0.3) is 0 Å². The van der Waals surface area contributed by atoms with Gasteiger partial charge in [0.15, 0.2) is 12.2 Å². The van der Waals surface area contributed by atoms with Crippen molar-refractivity contribution in [3.63, 3.8) is 0 Å². The van der Waals surface area contributed by atoms with Crippen LogP contribution in [0.5, 0.6) is 0 Å². The van der Waals surface area contributed by atoms with E-state index in [0.717, 1.165) is 193 Å². The van der Waals surface area contributed by atoms with Gasteiger partial charge >= 0.3 is 39.5 Å². The number of rotatable bonds is 82. The van der Waals surface area contributed by atoms with E-state index in [4.69, 9.17) is 37.0 Å². The monoisotopic (exact) mass is 1590 g/mol. The number of phosphoric ester groups is 2. The molecule has 19 heteroatoms. The van der Waals surface area contributed by atoms with Crippen LogP contribution in [0.2, 0.25) is 0 Å². The van der Waals surface area contributed by atoms with Gasteiger partial charge in [-0.3, -0.25) is 37.3 Å². The molecule has 0 aliphatic carbocycles. The summed E-state index contributed by atoms with van der Waals surface area (Å²) in [5.41, 5.74) is 0. The first-order valence-corrected chi connectivity index (χ1v) is 46.8. The molecule has 0 radical (unpaired) electrons. The van der Waals surface area contributed by atoms with Crippen LogP contribution in [-0.4, -0.2) is 96.7 Å². The van der Waals surface area contributed by atoms with Crippen LogP contribution in [0.1, 0.15) is 374 Å². The van der Waals surface area contributed by atoms with E-state index in [0.29, 0.717) is 25.7 Å². The van der Waals surface area contributed by atoms with Crippen LogP contribution < -0.4 is 0 Å². The fourth-order valence-electron chi connectivity index (χ4n) is 11.8. The Bertz CT molecular complexity index is 2550. The van der Waals surface area contributed by atoms with Crippen molar-refractivity contribution in [2.45, 2.75) is 393 Å². The lowest BCUT2D eigenvalue weighted by molar-refractivity contribution is -0.161. The van der Waals surface area contributed by atoms with E-state index in [-0.39, 0.29) is 25.7 Å². The van der Waals surface area contributed by atoms with Crippen LogP contribution in [0.3, 0.4) is 0 Å². The van der Waals surface area contributed by atoms with Crippen molar-refractivity contribution in [3.05, 3.63) is 122 Å². The largest absolute Gasteiger partial charge is 0.472 e. The first-order valence-electron chi connectivity index (χ1n) is 43.8. The summed E-state index contributed by atoms with van der Waals surface area (Å²) in [5, 5.41) is 10.7. The molecule has 0 fully saturated rings. The third-order valence-corrected chi connectivity index (χ3v) is 20.3. The van der Waals surface area contributed by atoms with Crippen molar-refractivity contribution in [2.24, 2.45) is 0 Å². The van der Waals surface area contributed by atoms with E-state index < -0.39 is 97.5 Å². The number of hydrogen-bond acceptors (Lipinski definition) is 15. The molecule has 0 aromatic rings. The Hall–Kier alpha value is -4.54. The number of hydrogen-bond donors (Lipinski definition) is 3. The minimum Gasteiger partial charge on any atom is -0.462 e. The predicted octanol–water partition coefficient (Wildman–Crippen LogP) is 26.2. The Morgan fingerprint density at radius 2 is 0.473 bits per heavy atom. The zero-order valence-electron chi connectivity index (χ0n) is 69.7. The number of phosphoric acid groups is 2. The summed E-state index contributed by atoms with van der Waals surface area (Å²) < 4.78 is 68.9. The number of unbranched alkanes of at least 4 members (excludes halogenated alkanes) is 36. The maximum atomic E-state index is 13.2. The molecule has 0 aromatic carbocycles. The summed E-state index contributed by atoms with van der Waals surface area (Å²) in [6, 6.07) is 0. The Kier molecular flexibility index (Phi) is 79.0. The average Bonchev–Trinajstić information content (AvgIpc) is 0.911. The SMILES string of the molecule is CC/C=C\C/C=C\C/C=C\C/C=C\CCCCCCC(=O)OCC(COP(=O)(O)OCC(O)COP(=O)(O)OCC(COC(=O)CCCCCCCC/C=C\C/C=C\C/C=C\CCCCC)OC(=O)CCCCCCCC/C=C\C/C=C\C/C=C\CCCCC)OC(=O)CCCCCCCCCCCCCCCCC. The zero-order chi connectivity index (χ0) is 80.3. The minimum atomic E-state index is -4.99. The van der Waals surface area contributed by atoms with Gasteiger partial charge in [-0.15, -0.1) is 0 Å². The molecule has 0 aromatic heterocycles. The highest BCUT2D eigenvalue weighted by Crippen LogP contribution is 2.45. The lowest BCUT2D eigenvalue weighted by Gasteiger charge is -2.21. The van der Waals surface area contributed by atoms with Gasteiger partial charge in [0, 0.05) is 25.7 Å². The number of esters is 4. The van der Waals surface area contributed by atoms with Gasteiger partial charge in [0.2, 0.25) is 0 Å². The Labute approximate surface area is 670 Å². The van der Waals surface area contributed by atoms with Crippen LogP contribution in [0.4, 0.5) is 0 Å². The summed E-state index contributed by atoms with van der Waals surface area (Å²) >= 11 is 0. The number of aliphatic hydroxyl groups is 1. The van der Waals surface area contributed by atoms with E-state index in [1.54, 1.807) is 0 Å². The first-order chi connectivity index (χ1) is 53.7. The quantitative estimate of drug-likeness (QED) is 0.0169. The summed E-state index contributed by atoms with van der Waals surface area (Å²) in [6.07, 6.45) is 92.9. The van der Waals surface area contributed by atoms with Crippen molar-refractivity contribution in [2.75, 3.05) is 39.6 Å². The van der Waals surface area contributed by atoms with E-state index in [2.05, 4.69) is 149 Å². The second-order valence-electron chi connectivity index (χ2n) is 29.1. The number of allylic oxidation sites excluding steroid dienone is 20. The molecule has 5 atom stereocenters. The molecule has 0 saturated heterocycles. The summed E-state index contributed by atoms with van der Waals surface area (Å²) in [6.45, 7) is 4.72. The number of carbonyl (C=O) groups is 4. The molecule has 0 bridgehead atoms. The fourth-order valence-corrected chi connectivity index (χ4v) is 13.3. The topological polar surface area (TPSA) is 237 Å². The van der Waals surface area contributed by atoms with Crippen molar-refractivity contribution >= 4 is 39.5 Å². The molecule has 5 unspecified atom stereocenters. The third kappa shape index (κ3) is 81.5. The lowest BCUT2D eigenvalue weighted by Crippen LogP contribution is -2.30. The number of aliphatic hydroxyl groups excluding tert-OH is 1. The molecule has 634 valence electrons. The van der Waals surface area contributed by atoms with Crippen LogP contribution in [0, 0.1) is 0 Å². The third-order valence-electron chi connectivity index (χ3n) is 18.4. The summed E-state index contributed by atoms with van der Waals surface area (Å²) in [5.74, 6) is -2.21. The second-order valence-corrected chi connectivity index (χ2v) is 32.0. The molecule has 0 amide bonds. The van der Waals surface area contributed by atoms with Crippen LogP contribution in [0.25, 0.3) is 0 Å². The van der Waals surface area contributed by atoms with Crippen LogP contribution in [-0.2, 0) is 65.4 Å². The van der Waals surface area contributed by atoms with Crippen LogP contribution in [0.15, 0.2) is 122 Å². The van der Waals surface area contributed by atoms with Gasteiger partial charge in [-0.05, 0) is 141 Å². The lowest BCUT2D eigenvalue weighted by atomic mass is 10.0. The summed E-state index contributed by atoms with van der Waals surface area (Å²) in [4.78, 5) is 73.3. The number of ether oxygens (including phenoxy) is 4. The Morgan fingerprint density at radius 3 is 0.745 bits per heavy atom. The van der Waals surface area contributed by atoms with Gasteiger partial charge in [0.05, 0.1) is 26.4 Å². The van der Waals surface area contributed by atoms with Gasteiger partial charge in [-0.1, -0.05) is 329 Å². The smallest absolute Gasteiger partial charge is 0.462 e. The van der Waals surface area contributed by atoms with Crippen molar-refractivity contribution in [1.29, 1.82) is 0 Å². The highest BCUT2D eigenvalue weighted by Gasteiger charge is 2.30. The van der Waals surface area contributed by atoms with E-state index in [9.17, 15) is 43.2 Å². The molecule has 0 heterocycles. The Balaban J connectivity index is 5.41. The van der Waals surface area contributed by atoms with E-state index in [1.165, 1.54) is 103 Å². The van der Waals surface area contributed by atoms with Gasteiger partial charge < -0.3 is 33.8 Å². The van der Waals surface area contributed by atoms with E-state index in [1.807, 2.05) is 0 Å². The minimum absolute atomic E-state index is 0.0758. The fraction of sp³-hybridized carbons (Fsp3) is 0.736. The summed E-state index contributed by atoms with van der Waals surface area (Å²) in [7, 11) is -9.98. The number of carbonyl (C=O) groups excluding carboxylic acids is 4. The second kappa shape index (κ2) is 82.4. The highest BCUT2D eigenvalue weighted by molar-refractivity contribution is 7.47. The first kappa shape index (κ1) is 105. The maximum Gasteiger partial charge on any atom is 0.472 e. The molecular weight excluding hydrogens is 1430 g/mol. The molecule has 0 aliphatic heterocycles. The van der Waals surface area contributed by atoms with Crippen molar-refractivity contribution in [3.8, 4) is 0 Å². The molecule has 0 saturated carbocycles. The zero-order valence-corrected chi connectivity index (χ0v) is 71.4. The standard InChI is InChI=1S/C91H158O17P2/c1-5-9-13-17-21-25-29-33-37-40-42-45-49-52-56-60-64-68-72-76-89(94)102-82-87(108-91(96)78-74-70-66-62-58-54-50-46-43-41-38-34-30-26-22-18-14-10-6-2)84-106-110(99,100)104-80-85(92)79-103-109(97,98)105-83-86(107-90(95)77-73-69-65-61-57-53-47-36-32-28-24-20-16-12-8-4)81-101-88(93)75-71-67-63-59-55-51-48-44-39-35-31-27-23-19-15-11-7-3/h11,15,21-23,25-27,33-35,37-39,42-43,45-46,48,51,85-87,92H,5-10,12-14,16-20,24,28-32,36,40-41,44,47,49-50,52-84H2,1-4H3,(H,97,98)(H,99,100)/b15-11-,25-21-,26-22-,27-23-,37-33-,38-34-,39-35-,45-42-,46-43-,51-48-. The molecule has 17 nitrogen and oxygen atoms in total. The molecule has 0 rings (SSSR count). The van der Waals surface area contributed by atoms with Gasteiger partial charge in [-0.25, -0.2) is 9.13 Å². The van der Waals surface area contributed by atoms with Crippen molar-refractivity contribution < 1.29 is 80.2 Å². The maximum absolute atomic E-state index is 13.2. The molecule has 0 spiro atoms. The normalized spacial score (nSPS) is 14.4. The van der Waals surface area contributed by atoms with Crippen LogP contribution >= 0.6 is 15.6 Å². The Morgan fingerprint density at radius 1 is 0.264 bits per heavy atom. The average molecular weight is 1590 g/mol. The highest BCUT2D eigenvalue weighted by atomic mass is 31.2. The van der Waals surface area contributed by atoms with Gasteiger partial charge in [0.1, 0.15) is 19.3 Å². The molecule has 110 heavy (non-hydrogen) atoms. The molecular formula is C91H158O17P2. The van der Waals surface area contributed by atoms with E-state index >= 15 is 0 Å². The predicted molar refractivity (Wildman–Crippen MR) is 455 cm³/mol. The molecule has 0 aliphatic rings.